The quantitative estimate of drug-likeness (QED) is 0.438. The number of carbonyl (C=O) groups is 2. The van der Waals surface area contributed by atoms with Gasteiger partial charge in [0.25, 0.3) is 5.91 Å². The molecule has 0 atom stereocenters. The average Bonchev–Trinajstić information content (AvgIpc) is 2.74. The SMILES string of the molecule is CN(C)c1ccc(NC(=O)Nc2cccc(Br)c2)cc1C(=O)NCCc1ccccc1. The largest absolute Gasteiger partial charge is 0.377 e. The normalized spacial score (nSPS) is 10.3. The summed E-state index contributed by atoms with van der Waals surface area (Å²) in [4.78, 5) is 27.1. The molecule has 3 N–H and O–H groups in total. The van der Waals surface area contributed by atoms with Crippen LogP contribution in [0.1, 0.15) is 15.9 Å². The third kappa shape index (κ3) is 6.58. The zero-order valence-corrected chi connectivity index (χ0v) is 19.1. The summed E-state index contributed by atoms with van der Waals surface area (Å²) in [5, 5.41) is 8.54. The Morgan fingerprint density at radius 3 is 2.26 bits per heavy atom. The summed E-state index contributed by atoms with van der Waals surface area (Å²) in [6, 6.07) is 22.2. The fourth-order valence-electron chi connectivity index (χ4n) is 3.11. The van der Waals surface area contributed by atoms with E-state index in [9.17, 15) is 9.59 Å². The molecule has 0 heterocycles. The Morgan fingerprint density at radius 1 is 0.871 bits per heavy atom. The molecular weight excluding hydrogens is 456 g/mol. The maximum Gasteiger partial charge on any atom is 0.323 e. The van der Waals surface area contributed by atoms with Gasteiger partial charge in [-0.05, 0) is 48.4 Å². The lowest BCUT2D eigenvalue weighted by Crippen LogP contribution is -2.28. The molecule has 0 aromatic heterocycles. The van der Waals surface area contributed by atoms with Crippen LogP contribution >= 0.6 is 15.9 Å². The van der Waals surface area contributed by atoms with Crippen LogP contribution in [0.3, 0.4) is 0 Å². The van der Waals surface area contributed by atoms with Crippen LogP contribution in [0.25, 0.3) is 0 Å². The van der Waals surface area contributed by atoms with Crippen LogP contribution in [-0.4, -0.2) is 32.6 Å². The van der Waals surface area contributed by atoms with Gasteiger partial charge in [-0.1, -0.05) is 52.3 Å². The smallest absolute Gasteiger partial charge is 0.323 e. The van der Waals surface area contributed by atoms with Crippen molar-refractivity contribution < 1.29 is 9.59 Å². The van der Waals surface area contributed by atoms with Crippen LogP contribution < -0.4 is 20.9 Å². The maximum absolute atomic E-state index is 12.9. The maximum atomic E-state index is 12.9. The molecule has 0 spiro atoms. The second-order valence-corrected chi connectivity index (χ2v) is 8.12. The highest BCUT2D eigenvalue weighted by Crippen LogP contribution is 2.23. The Hall–Kier alpha value is -3.32. The lowest BCUT2D eigenvalue weighted by Gasteiger charge is -2.18. The number of carbonyl (C=O) groups excluding carboxylic acids is 2. The van der Waals surface area contributed by atoms with Crippen molar-refractivity contribution in [2.45, 2.75) is 6.42 Å². The molecule has 3 aromatic carbocycles. The number of urea groups is 1. The predicted octanol–water partition coefficient (Wildman–Crippen LogP) is 5.13. The molecule has 0 unspecified atom stereocenters. The van der Waals surface area contributed by atoms with Crippen molar-refractivity contribution in [1.29, 1.82) is 0 Å². The van der Waals surface area contributed by atoms with Gasteiger partial charge in [0.05, 0.1) is 5.56 Å². The van der Waals surface area contributed by atoms with Crippen LogP contribution in [0.5, 0.6) is 0 Å². The van der Waals surface area contributed by atoms with Crippen LogP contribution in [0, 0.1) is 0 Å². The zero-order valence-electron chi connectivity index (χ0n) is 17.5. The first-order valence-corrected chi connectivity index (χ1v) is 10.7. The molecule has 6 nitrogen and oxygen atoms in total. The van der Waals surface area contributed by atoms with E-state index in [2.05, 4.69) is 31.9 Å². The summed E-state index contributed by atoms with van der Waals surface area (Å²) in [6.45, 7) is 0.525. The summed E-state index contributed by atoms with van der Waals surface area (Å²) in [5.74, 6) is -0.185. The minimum Gasteiger partial charge on any atom is -0.377 e. The number of amides is 3. The van der Waals surface area contributed by atoms with Crippen molar-refractivity contribution in [1.82, 2.24) is 5.32 Å². The number of hydrogen-bond donors (Lipinski definition) is 3. The number of nitrogens with one attached hydrogen (secondary N) is 3. The molecule has 3 amide bonds. The van der Waals surface area contributed by atoms with Crippen LogP contribution in [0.4, 0.5) is 21.9 Å². The summed E-state index contributed by atoms with van der Waals surface area (Å²) in [6.07, 6.45) is 0.747. The highest BCUT2D eigenvalue weighted by Gasteiger charge is 2.15. The molecule has 0 saturated carbocycles. The summed E-state index contributed by atoms with van der Waals surface area (Å²) < 4.78 is 0.870. The van der Waals surface area contributed by atoms with Crippen LogP contribution in [-0.2, 0) is 6.42 Å². The molecule has 31 heavy (non-hydrogen) atoms. The number of rotatable bonds is 7. The molecule has 0 fully saturated rings. The van der Waals surface area contributed by atoms with Gasteiger partial charge in [-0.2, -0.15) is 0 Å². The van der Waals surface area contributed by atoms with Gasteiger partial charge in [0, 0.05) is 42.2 Å². The van der Waals surface area contributed by atoms with Gasteiger partial charge in [-0.25, -0.2) is 4.79 Å². The molecule has 3 aromatic rings. The van der Waals surface area contributed by atoms with Gasteiger partial charge in [0.15, 0.2) is 0 Å². The lowest BCUT2D eigenvalue weighted by atomic mass is 10.1. The van der Waals surface area contributed by atoms with E-state index in [1.165, 1.54) is 0 Å². The number of nitrogens with zero attached hydrogens (tertiary/aromatic N) is 1. The Kier molecular flexibility index (Phi) is 7.67. The van der Waals surface area contributed by atoms with E-state index in [1.54, 1.807) is 24.3 Å². The van der Waals surface area contributed by atoms with Gasteiger partial charge >= 0.3 is 6.03 Å². The monoisotopic (exact) mass is 480 g/mol. The van der Waals surface area contributed by atoms with E-state index >= 15 is 0 Å². The standard InChI is InChI=1S/C24H25BrN4O2/c1-29(2)22-12-11-20(28-24(31)27-19-10-6-9-18(25)15-19)16-21(22)23(30)26-14-13-17-7-4-3-5-8-17/h3-12,15-16H,13-14H2,1-2H3,(H,26,30)(H2,27,28,31). The van der Waals surface area contributed by atoms with Crippen molar-refractivity contribution >= 4 is 44.9 Å². The number of anilines is 3. The highest BCUT2D eigenvalue weighted by atomic mass is 79.9. The average molecular weight is 481 g/mol. The summed E-state index contributed by atoms with van der Waals surface area (Å²) in [5.41, 5.74) is 3.63. The number of halogens is 1. The van der Waals surface area contributed by atoms with Gasteiger partial charge in [0.1, 0.15) is 0 Å². The third-order valence-corrected chi connectivity index (χ3v) is 5.10. The van der Waals surface area contributed by atoms with Crippen molar-refractivity contribution in [2.75, 3.05) is 36.2 Å². The molecule has 160 valence electrons. The van der Waals surface area contributed by atoms with Crippen molar-refractivity contribution in [3.63, 3.8) is 0 Å². The molecule has 0 saturated heterocycles. The molecule has 0 aliphatic carbocycles. The molecule has 0 bridgehead atoms. The van der Waals surface area contributed by atoms with Gasteiger partial charge in [-0.3, -0.25) is 4.79 Å². The third-order valence-electron chi connectivity index (χ3n) is 4.61. The molecule has 0 radical (unpaired) electrons. The van der Waals surface area contributed by atoms with E-state index < -0.39 is 0 Å². The first-order chi connectivity index (χ1) is 14.9. The fraction of sp³-hybridized carbons (Fsp3) is 0.167. The van der Waals surface area contributed by atoms with E-state index in [0.717, 1.165) is 22.1 Å². The van der Waals surface area contributed by atoms with Crippen LogP contribution in [0.15, 0.2) is 77.3 Å². The topological polar surface area (TPSA) is 73.5 Å². The molecule has 3 rings (SSSR count). The highest BCUT2D eigenvalue weighted by molar-refractivity contribution is 9.10. The minimum atomic E-state index is -0.383. The second kappa shape index (κ2) is 10.6. The van der Waals surface area contributed by atoms with E-state index in [1.807, 2.05) is 67.5 Å². The van der Waals surface area contributed by atoms with Crippen molar-refractivity contribution in [2.24, 2.45) is 0 Å². The van der Waals surface area contributed by atoms with Crippen molar-refractivity contribution in [3.05, 3.63) is 88.4 Å². The number of hydrogen-bond acceptors (Lipinski definition) is 3. The Morgan fingerprint density at radius 2 is 1.58 bits per heavy atom. The van der Waals surface area contributed by atoms with E-state index in [-0.39, 0.29) is 11.9 Å². The number of benzene rings is 3. The van der Waals surface area contributed by atoms with Gasteiger partial charge in [0.2, 0.25) is 0 Å². The molecule has 7 heteroatoms. The Bertz CT molecular complexity index is 1050. The molecule has 0 aliphatic heterocycles. The van der Waals surface area contributed by atoms with Gasteiger partial charge < -0.3 is 20.9 Å². The molecular formula is C24H25BrN4O2. The minimum absolute atomic E-state index is 0.185. The second-order valence-electron chi connectivity index (χ2n) is 7.21. The van der Waals surface area contributed by atoms with E-state index in [0.29, 0.717) is 23.5 Å². The first kappa shape index (κ1) is 22.4. The Labute approximate surface area is 190 Å². The summed E-state index contributed by atoms with van der Waals surface area (Å²) in [7, 11) is 3.76. The summed E-state index contributed by atoms with van der Waals surface area (Å²) >= 11 is 3.38. The predicted molar refractivity (Wildman–Crippen MR) is 130 cm³/mol. The molecule has 0 aliphatic rings. The van der Waals surface area contributed by atoms with Crippen LogP contribution in [0.2, 0.25) is 0 Å². The van der Waals surface area contributed by atoms with Crippen molar-refractivity contribution in [3.8, 4) is 0 Å². The van der Waals surface area contributed by atoms with E-state index in [4.69, 9.17) is 0 Å². The van der Waals surface area contributed by atoms with Gasteiger partial charge in [-0.15, -0.1) is 0 Å². The lowest BCUT2D eigenvalue weighted by molar-refractivity contribution is 0.0954. The Balaban J connectivity index is 1.67. The fourth-order valence-corrected chi connectivity index (χ4v) is 3.50. The zero-order chi connectivity index (χ0) is 22.2. The first-order valence-electron chi connectivity index (χ1n) is 9.89.